The van der Waals surface area contributed by atoms with Gasteiger partial charge in [0.05, 0.1) is 31.4 Å². The van der Waals surface area contributed by atoms with Crippen LogP contribution in [0.15, 0.2) is 24.3 Å². The van der Waals surface area contributed by atoms with E-state index in [1.165, 1.54) is 12.1 Å². The van der Waals surface area contributed by atoms with E-state index in [1.54, 1.807) is 7.05 Å². The standard InChI is InChI=1S/C13H16F3NO2/c1-17-12(11-8-18-6-7-19-11)9-2-4-10(5-3-9)13(14,15)16/h2-5,11-12,17H,6-8H2,1H3. The Morgan fingerprint density at radius 1 is 1.21 bits per heavy atom. The van der Waals surface area contributed by atoms with E-state index < -0.39 is 11.7 Å². The summed E-state index contributed by atoms with van der Waals surface area (Å²) >= 11 is 0. The lowest BCUT2D eigenvalue weighted by Gasteiger charge is -2.30. The number of hydrogen-bond acceptors (Lipinski definition) is 3. The van der Waals surface area contributed by atoms with Gasteiger partial charge in [0, 0.05) is 0 Å². The van der Waals surface area contributed by atoms with Gasteiger partial charge in [-0.1, -0.05) is 12.1 Å². The van der Waals surface area contributed by atoms with Gasteiger partial charge in [0.2, 0.25) is 0 Å². The molecule has 0 radical (unpaired) electrons. The lowest BCUT2D eigenvalue weighted by Crippen LogP contribution is -2.39. The largest absolute Gasteiger partial charge is 0.416 e. The number of likely N-dealkylation sites (N-methyl/N-ethyl adjacent to an activating group) is 1. The third kappa shape index (κ3) is 3.46. The van der Waals surface area contributed by atoms with Crippen LogP contribution >= 0.6 is 0 Å². The summed E-state index contributed by atoms with van der Waals surface area (Å²) in [6, 6.07) is 4.94. The van der Waals surface area contributed by atoms with Crippen LogP contribution in [0.2, 0.25) is 0 Å². The first-order valence-electron chi connectivity index (χ1n) is 6.06. The summed E-state index contributed by atoms with van der Waals surface area (Å²) in [6.07, 6.45) is -4.49. The molecule has 0 aliphatic carbocycles. The first kappa shape index (κ1) is 14.3. The van der Waals surface area contributed by atoms with Gasteiger partial charge in [0.15, 0.2) is 0 Å². The molecule has 2 unspecified atom stereocenters. The minimum atomic E-state index is -4.31. The Bertz CT molecular complexity index is 399. The van der Waals surface area contributed by atoms with Crippen molar-refractivity contribution in [1.82, 2.24) is 5.32 Å². The van der Waals surface area contributed by atoms with Crippen LogP contribution in [0.3, 0.4) is 0 Å². The Morgan fingerprint density at radius 2 is 1.89 bits per heavy atom. The monoisotopic (exact) mass is 275 g/mol. The summed E-state index contributed by atoms with van der Waals surface area (Å²) < 4.78 is 48.4. The van der Waals surface area contributed by atoms with Gasteiger partial charge < -0.3 is 14.8 Å². The van der Waals surface area contributed by atoms with E-state index in [9.17, 15) is 13.2 Å². The van der Waals surface area contributed by atoms with Crippen LogP contribution in [0, 0.1) is 0 Å². The van der Waals surface area contributed by atoms with Crippen molar-refractivity contribution in [3.63, 3.8) is 0 Å². The van der Waals surface area contributed by atoms with Crippen molar-refractivity contribution in [1.29, 1.82) is 0 Å². The lowest BCUT2D eigenvalue weighted by atomic mass is 10.00. The minimum absolute atomic E-state index is 0.178. The maximum Gasteiger partial charge on any atom is 0.416 e. The SMILES string of the molecule is CNC(c1ccc(C(F)(F)F)cc1)C1COCCO1. The molecule has 0 bridgehead atoms. The van der Waals surface area contributed by atoms with E-state index in [4.69, 9.17) is 9.47 Å². The van der Waals surface area contributed by atoms with Crippen molar-refractivity contribution in [3.8, 4) is 0 Å². The van der Waals surface area contributed by atoms with Gasteiger partial charge in [-0.2, -0.15) is 13.2 Å². The molecule has 0 saturated carbocycles. The predicted octanol–water partition coefficient (Wildman–Crippen LogP) is 2.38. The predicted molar refractivity (Wildman–Crippen MR) is 63.8 cm³/mol. The van der Waals surface area contributed by atoms with Gasteiger partial charge in [-0.15, -0.1) is 0 Å². The van der Waals surface area contributed by atoms with Crippen molar-refractivity contribution < 1.29 is 22.6 Å². The summed E-state index contributed by atoms with van der Waals surface area (Å²) in [6.45, 7) is 1.50. The number of rotatable bonds is 3. The van der Waals surface area contributed by atoms with Crippen molar-refractivity contribution in [3.05, 3.63) is 35.4 Å². The van der Waals surface area contributed by atoms with Crippen LogP contribution in [0.4, 0.5) is 13.2 Å². The Balaban J connectivity index is 2.14. The highest BCUT2D eigenvalue weighted by Crippen LogP contribution is 2.30. The zero-order chi connectivity index (χ0) is 13.9. The van der Waals surface area contributed by atoms with E-state index >= 15 is 0 Å². The van der Waals surface area contributed by atoms with Crippen LogP contribution < -0.4 is 5.32 Å². The molecule has 1 N–H and O–H groups in total. The molecule has 3 nitrogen and oxygen atoms in total. The Labute approximate surface area is 109 Å². The Morgan fingerprint density at radius 3 is 2.37 bits per heavy atom. The summed E-state index contributed by atoms with van der Waals surface area (Å²) in [4.78, 5) is 0. The molecule has 1 aromatic carbocycles. The van der Waals surface area contributed by atoms with E-state index in [1.807, 2.05) is 0 Å². The van der Waals surface area contributed by atoms with Crippen LogP contribution in [-0.4, -0.2) is 33.0 Å². The molecular weight excluding hydrogens is 259 g/mol. The van der Waals surface area contributed by atoms with Crippen LogP contribution in [0.1, 0.15) is 17.2 Å². The lowest BCUT2D eigenvalue weighted by molar-refractivity contribution is -0.137. The second-order valence-electron chi connectivity index (χ2n) is 4.37. The highest BCUT2D eigenvalue weighted by molar-refractivity contribution is 5.27. The van der Waals surface area contributed by atoms with Gasteiger partial charge in [-0.3, -0.25) is 0 Å². The molecular formula is C13H16F3NO2. The van der Waals surface area contributed by atoms with E-state index in [0.29, 0.717) is 19.8 Å². The molecule has 0 amide bonds. The summed E-state index contributed by atoms with van der Waals surface area (Å²) in [5, 5.41) is 3.06. The second kappa shape index (κ2) is 5.90. The number of alkyl halides is 3. The van der Waals surface area contributed by atoms with Crippen molar-refractivity contribution >= 4 is 0 Å². The smallest absolute Gasteiger partial charge is 0.376 e. The number of halogens is 3. The molecule has 2 rings (SSSR count). The molecule has 1 aliphatic rings. The highest BCUT2D eigenvalue weighted by Gasteiger charge is 2.31. The van der Waals surface area contributed by atoms with Gasteiger partial charge in [-0.25, -0.2) is 0 Å². The van der Waals surface area contributed by atoms with E-state index in [2.05, 4.69) is 5.32 Å². The third-order valence-electron chi connectivity index (χ3n) is 3.12. The van der Waals surface area contributed by atoms with Gasteiger partial charge in [0.25, 0.3) is 0 Å². The molecule has 0 spiro atoms. The molecule has 1 aliphatic heterocycles. The Hall–Kier alpha value is -1.11. The summed E-state index contributed by atoms with van der Waals surface area (Å²) in [5.74, 6) is 0. The molecule has 1 heterocycles. The van der Waals surface area contributed by atoms with E-state index in [0.717, 1.165) is 17.7 Å². The zero-order valence-corrected chi connectivity index (χ0v) is 10.5. The quantitative estimate of drug-likeness (QED) is 0.918. The average Bonchev–Trinajstić information content (AvgIpc) is 2.40. The fourth-order valence-corrected chi connectivity index (χ4v) is 2.15. The molecule has 19 heavy (non-hydrogen) atoms. The number of nitrogens with one attached hydrogen (secondary N) is 1. The third-order valence-corrected chi connectivity index (χ3v) is 3.12. The highest BCUT2D eigenvalue weighted by atomic mass is 19.4. The number of hydrogen-bond donors (Lipinski definition) is 1. The normalized spacial score (nSPS) is 22.2. The minimum Gasteiger partial charge on any atom is -0.376 e. The maximum absolute atomic E-state index is 12.5. The molecule has 6 heteroatoms. The summed E-state index contributed by atoms with van der Waals surface area (Å²) in [5.41, 5.74) is 0.109. The fourth-order valence-electron chi connectivity index (χ4n) is 2.15. The summed E-state index contributed by atoms with van der Waals surface area (Å²) in [7, 11) is 1.75. The van der Waals surface area contributed by atoms with Crippen LogP contribution in [0.25, 0.3) is 0 Å². The first-order chi connectivity index (χ1) is 9.02. The Kier molecular flexibility index (Phi) is 4.44. The number of ether oxygens (including phenoxy) is 2. The van der Waals surface area contributed by atoms with E-state index in [-0.39, 0.29) is 12.1 Å². The molecule has 1 fully saturated rings. The van der Waals surface area contributed by atoms with Crippen molar-refractivity contribution in [2.45, 2.75) is 18.3 Å². The second-order valence-corrected chi connectivity index (χ2v) is 4.37. The fraction of sp³-hybridized carbons (Fsp3) is 0.538. The van der Waals surface area contributed by atoms with Crippen molar-refractivity contribution in [2.24, 2.45) is 0 Å². The van der Waals surface area contributed by atoms with Gasteiger partial charge >= 0.3 is 6.18 Å². The molecule has 0 aromatic heterocycles. The van der Waals surface area contributed by atoms with Gasteiger partial charge in [-0.05, 0) is 24.7 Å². The average molecular weight is 275 g/mol. The van der Waals surface area contributed by atoms with Gasteiger partial charge in [0.1, 0.15) is 6.10 Å². The zero-order valence-electron chi connectivity index (χ0n) is 10.5. The molecule has 2 atom stereocenters. The van der Waals surface area contributed by atoms with Crippen LogP contribution in [0.5, 0.6) is 0 Å². The number of benzene rings is 1. The van der Waals surface area contributed by atoms with Crippen LogP contribution in [-0.2, 0) is 15.7 Å². The topological polar surface area (TPSA) is 30.5 Å². The van der Waals surface area contributed by atoms with Crippen molar-refractivity contribution in [2.75, 3.05) is 26.9 Å². The molecule has 106 valence electrons. The molecule has 1 aromatic rings. The first-order valence-corrected chi connectivity index (χ1v) is 6.06. The molecule has 1 saturated heterocycles. The maximum atomic E-state index is 12.5.